The Kier molecular flexibility index (Phi) is 2.48. The SMILES string of the molecule is CC1CN(CC2(n3ccnc3)CC2)CCN1. The Balaban J connectivity index is 1.66. The Morgan fingerprint density at radius 3 is 3.00 bits per heavy atom. The fourth-order valence-corrected chi connectivity index (χ4v) is 2.75. The summed E-state index contributed by atoms with van der Waals surface area (Å²) in [7, 11) is 0. The molecule has 2 heterocycles. The molecular weight excluding hydrogens is 200 g/mol. The van der Waals surface area contributed by atoms with Crippen LogP contribution in [0.15, 0.2) is 18.7 Å². The van der Waals surface area contributed by atoms with Gasteiger partial charge in [-0.25, -0.2) is 4.98 Å². The summed E-state index contributed by atoms with van der Waals surface area (Å²) in [6, 6.07) is 0.632. The van der Waals surface area contributed by atoms with Crippen LogP contribution in [0.2, 0.25) is 0 Å². The molecule has 1 unspecified atom stereocenters. The largest absolute Gasteiger partial charge is 0.330 e. The molecule has 1 N–H and O–H groups in total. The summed E-state index contributed by atoms with van der Waals surface area (Å²) >= 11 is 0. The van der Waals surface area contributed by atoms with Gasteiger partial charge in [0.05, 0.1) is 11.9 Å². The monoisotopic (exact) mass is 220 g/mol. The van der Waals surface area contributed by atoms with Crippen molar-refractivity contribution in [2.24, 2.45) is 0 Å². The van der Waals surface area contributed by atoms with E-state index in [1.807, 2.05) is 12.5 Å². The first-order chi connectivity index (χ1) is 7.78. The Morgan fingerprint density at radius 1 is 1.50 bits per heavy atom. The number of rotatable bonds is 3. The van der Waals surface area contributed by atoms with Crippen molar-refractivity contribution in [3.63, 3.8) is 0 Å². The van der Waals surface area contributed by atoms with Crippen LogP contribution >= 0.6 is 0 Å². The molecule has 0 spiro atoms. The van der Waals surface area contributed by atoms with E-state index in [-0.39, 0.29) is 0 Å². The van der Waals surface area contributed by atoms with Gasteiger partial charge in [-0.2, -0.15) is 0 Å². The van der Waals surface area contributed by atoms with E-state index < -0.39 is 0 Å². The Bertz CT molecular complexity index is 342. The minimum atomic E-state index is 0.369. The van der Waals surface area contributed by atoms with Crippen molar-refractivity contribution in [1.82, 2.24) is 19.8 Å². The van der Waals surface area contributed by atoms with Crippen molar-refractivity contribution < 1.29 is 0 Å². The molecule has 0 aromatic carbocycles. The van der Waals surface area contributed by atoms with Crippen LogP contribution in [0.4, 0.5) is 0 Å². The second-order valence-electron chi connectivity index (χ2n) is 5.28. The highest BCUT2D eigenvalue weighted by Crippen LogP contribution is 2.44. The summed E-state index contributed by atoms with van der Waals surface area (Å²) in [5.74, 6) is 0. The molecule has 1 saturated carbocycles. The third-order valence-corrected chi connectivity index (χ3v) is 3.85. The molecule has 1 aliphatic heterocycles. The lowest BCUT2D eigenvalue weighted by atomic mass is 10.2. The van der Waals surface area contributed by atoms with Crippen molar-refractivity contribution in [1.29, 1.82) is 0 Å². The minimum absolute atomic E-state index is 0.369. The molecule has 2 fully saturated rings. The maximum Gasteiger partial charge on any atom is 0.0951 e. The zero-order valence-electron chi connectivity index (χ0n) is 9.89. The summed E-state index contributed by atoms with van der Waals surface area (Å²) < 4.78 is 2.31. The molecule has 4 nitrogen and oxygen atoms in total. The quantitative estimate of drug-likeness (QED) is 0.812. The molecule has 1 atom stereocenters. The third-order valence-electron chi connectivity index (χ3n) is 3.85. The third kappa shape index (κ3) is 1.87. The van der Waals surface area contributed by atoms with Crippen molar-refractivity contribution >= 4 is 0 Å². The molecule has 16 heavy (non-hydrogen) atoms. The van der Waals surface area contributed by atoms with Crippen LogP contribution < -0.4 is 5.32 Å². The number of nitrogens with zero attached hydrogens (tertiary/aromatic N) is 3. The lowest BCUT2D eigenvalue weighted by Crippen LogP contribution is -2.51. The van der Waals surface area contributed by atoms with E-state index >= 15 is 0 Å². The van der Waals surface area contributed by atoms with Gasteiger partial charge in [-0.05, 0) is 19.8 Å². The zero-order chi connectivity index (χ0) is 11.0. The van der Waals surface area contributed by atoms with Gasteiger partial charge in [0.25, 0.3) is 0 Å². The molecular formula is C12H20N4. The molecule has 0 bridgehead atoms. The second kappa shape index (κ2) is 3.86. The summed E-state index contributed by atoms with van der Waals surface area (Å²) in [4.78, 5) is 6.76. The predicted octanol–water partition coefficient (Wildman–Crippen LogP) is 0.666. The van der Waals surface area contributed by atoms with Crippen molar-refractivity contribution in [2.45, 2.75) is 31.3 Å². The van der Waals surface area contributed by atoms with Crippen molar-refractivity contribution in [3.05, 3.63) is 18.7 Å². The Hall–Kier alpha value is -0.870. The molecule has 1 saturated heterocycles. The maximum absolute atomic E-state index is 4.17. The molecule has 3 rings (SSSR count). The van der Waals surface area contributed by atoms with Gasteiger partial charge in [-0.3, -0.25) is 4.90 Å². The van der Waals surface area contributed by atoms with Gasteiger partial charge in [0.1, 0.15) is 0 Å². The molecule has 88 valence electrons. The van der Waals surface area contributed by atoms with Gasteiger partial charge < -0.3 is 9.88 Å². The van der Waals surface area contributed by atoms with Crippen LogP contribution in [0.25, 0.3) is 0 Å². The lowest BCUT2D eigenvalue weighted by molar-refractivity contribution is 0.171. The van der Waals surface area contributed by atoms with Crippen LogP contribution in [0.1, 0.15) is 19.8 Å². The van der Waals surface area contributed by atoms with Crippen LogP contribution in [0, 0.1) is 0 Å². The summed E-state index contributed by atoms with van der Waals surface area (Å²) in [6.07, 6.45) is 8.58. The van der Waals surface area contributed by atoms with Gasteiger partial charge >= 0.3 is 0 Å². The minimum Gasteiger partial charge on any atom is -0.330 e. The summed E-state index contributed by atoms with van der Waals surface area (Å²) in [5, 5.41) is 3.49. The number of piperazine rings is 1. The zero-order valence-corrected chi connectivity index (χ0v) is 9.89. The molecule has 1 aromatic rings. The van der Waals surface area contributed by atoms with Gasteiger partial charge in [-0.1, -0.05) is 0 Å². The van der Waals surface area contributed by atoms with Gasteiger partial charge in [0.15, 0.2) is 0 Å². The molecule has 1 aliphatic carbocycles. The highest BCUT2D eigenvalue weighted by Gasteiger charge is 2.45. The maximum atomic E-state index is 4.17. The van der Waals surface area contributed by atoms with Crippen LogP contribution in [0.3, 0.4) is 0 Å². The second-order valence-corrected chi connectivity index (χ2v) is 5.28. The van der Waals surface area contributed by atoms with Crippen LogP contribution in [0.5, 0.6) is 0 Å². The predicted molar refractivity (Wildman–Crippen MR) is 63.3 cm³/mol. The van der Waals surface area contributed by atoms with Gasteiger partial charge in [0, 0.05) is 44.6 Å². The standard InChI is InChI=1S/C12H20N4/c1-11-8-15(6-5-14-11)9-12(2-3-12)16-7-4-13-10-16/h4,7,10-11,14H,2-3,5-6,8-9H2,1H3. The van der Waals surface area contributed by atoms with Crippen LogP contribution in [-0.2, 0) is 5.54 Å². The number of hydrogen-bond acceptors (Lipinski definition) is 3. The summed E-state index contributed by atoms with van der Waals surface area (Å²) in [6.45, 7) is 6.94. The fourth-order valence-electron chi connectivity index (χ4n) is 2.75. The number of nitrogens with one attached hydrogen (secondary N) is 1. The molecule has 2 aliphatic rings. The Labute approximate surface area is 96.7 Å². The van der Waals surface area contributed by atoms with E-state index in [0.29, 0.717) is 11.6 Å². The highest BCUT2D eigenvalue weighted by molar-refractivity contribution is 5.04. The van der Waals surface area contributed by atoms with E-state index in [1.165, 1.54) is 32.5 Å². The summed E-state index contributed by atoms with van der Waals surface area (Å²) in [5.41, 5.74) is 0.369. The molecule has 1 aromatic heterocycles. The normalized spacial score (nSPS) is 29.2. The van der Waals surface area contributed by atoms with Crippen LogP contribution in [-0.4, -0.2) is 46.7 Å². The fraction of sp³-hybridized carbons (Fsp3) is 0.750. The van der Waals surface area contributed by atoms with Gasteiger partial charge in [0.2, 0.25) is 0 Å². The van der Waals surface area contributed by atoms with Crippen molar-refractivity contribution in [2.75, 3.05) is 26.2 Å². The number of hydrogen-bond donors (Lipinski definition) is 1. The Morgan fingerprint density at radius 2 is 2.38 bits per heavy atom. The molecule has 4 heteroatoms. The number of aromatic nitrogens is 2. The van der Waals surface area contributed by atoms with Gasteiger partial charge in [-0.15, -0.1) is 0 Å². The average molecular weight is 220 g/mol. The van der Waals surface area contributed by atoms with E-state index in [9.17, 15) is 0 Å². The topological polar surface area (TPSA) is 33.1 Å². The highest BCUT2D eigenvalue weighted by atomic mass is 15.3. The van der Waals surface area contributed by atoms with Crippen molar-refractivity contribution in [3.8, 4) is 0 Å². The average Bonchev–Trinajstić information content (AvgIpc) is 2.84. The lowest BCUT2D eigenvalue weighted by Gasteiger charge is -2.34. The first-order valence-electron chi connectivity index (χ1n) is 6.23. The van der Waals surface area contributed by atoms with E-state index in [0.717, 1.165) is 6.54 Å². The molecule has 0 radical (unpaired) electrons. The number of imidazole rings is 1. The first-order valence-corrected chi connectivity index (χ1v) is 6.23. The smallest absolute Gasteiger partial charge is 0.0951 e. The molecule has 0 amide bonds. The van der Waals surface area contributed by atoms with E-state index in [2.05, 4.69) is 32.9 Å². The first kappa shape index (κ1) is 10.3. The van der Waals surface area contributed by atoms with E-state index in [1.54, 1.807) is 0 Å². The van der Waals surface area contributed by atoms with E-state index in [4.69, 9.17) is 0 Å².